The molecule has 0 atom stereocenters. The molecule has 3 rings (SSSR count). The molecule has 0 spiro atoms. The Hall–Kier alpha value is -2.28. The highest BCUT2D eigenvalue weighted by atomic mass is 32.1. The second kappa shape index (κ2) is 5.61. The van der Waals surface area contributed by atoms with Crippen LogP contribution in [0.5, 0.6) is 0 Å². The SMILES string of the molecule is Cc1nc2scc(CCNC(=O)c3ccccc3F)n2n1. The van der Waals surface area contributed by atoms with Gasteiger partial charge in [-0.2, -0.15) is 5.10 Å². The lowest BCUT2D eigenvalue weighted by Crippen LogP contribution is -2.26. The number of hydrogen-bond acceptors (Lipinski definition) is 4. The molecule has 0 aliphatic heterocycles. The average molecular weight is 304 g/mol. The van der Waals surface area contributed by atoms with Gasteiger partial charge in [0.1, 0.15) is 11.6 Å². The zero-order valence-corrected chi connectivity index (χ0v) is 12.2. The van der Waals surface area contributed by atoms with Crippen LogP contribution in [-0.2, 0) is 6.42 Å². The number of amides is 1. The topological polar surface area (TPSA) is 59.3 Å². The number of thiazole rings is 1. The largest absolute Gasteiger partial charge is 0.352 e. The molecule has 0 unspecified atom stereocenters. The van der Waals surface area contributed by atoms with Crippen LogP contribution in [0.25, 0.3) is 4.96 Å². The van der Waals surface area contributed by atoms with E-state index < -0.39 is 11.7 Å². The quantitative estimate of drug-likeness (QED) is 0.804. The Morgan fingerprint density at radius 1 is 1.43 bits per heavy atom. The van der Waals surface area contributed by atoms with Crippen molar-refractivity contribution < 1.29 is 9.18 Å². The maximum Gasteiger partial charge on any atom is 0.254 e. The number of nitrogens with one attached hydrogen (secondary N) is 1. The van der Waals surface area contributed by atoms with Gasteiger partial charge in [-0.1, -0.05) is 12.1 Å². The molecule has 5 nitrogen and oxygen atoms in total. The van der Waals surface area contributed by atoms with E-state index in [9.17, 15) is 9.18 Å². The highest BCUT2D eigenvalue weighted by Crippen LogP contribution is 2.14. The summed E-state index contributed by atoms with van der Waals surface area (Å²) in [5.41, 5.74) is 1.04. The van der Waals surface area contributed by atoms with Crippen molar-refractivity contribution in [2.24, 2.45) is 0 Å². The summed E-state index contributed by atoms with van der Waals surface area (Å²) in [6.07, 6.45) is 0.614. The van der Waals surface area contributed by atoms with E-state index in [1.807, 2.05) is 12.3 Å². The fourth-order valence-electron chi connectivity index (χ4n) is 2.04. The first-order valence-corrected chi connectivity index (χ1v) is 7.35. The number of aryl methyl sites for hydroxylation is 1. The molecule has 7 heteroatoms. The van der Waals surface area contributed by atoms with E-state index in [-0.39, 0.29) is 5.56 Å². The summed E-state index contributed by atoms with van der Waals surface area (Å²) >= 11 is 1.51. The van der Waals surface area contributed by atoms with Gasteiger partial charge in [0, 0.05) is 18.3 Å². The van der Waals surface area contributed by atoms with Crippen LogP contribution in [0.15, 0.2) is 29.6 Å². The molecule has 0 saturated carbocycles. The van der Waals surface area contributed by atoms with Crippen LogP contribution in [0.1, 0.15) is 21.9 Å². The van der Waals surface area contributed by atoms with E-state index in [1.54, 1.807) is 16.6 Å². The normalized spacial score (nSPS) is 11.0. The molecule has 0 bridgehead atoms. The number of fused-ring (bicyclic) bond motifs is 1. The lowest BCUT2D eigenvalue weighted by molar-refractivity contribution is 0.0950. The molecule has 0 fully saturated rings. The minimum absolute atomic E-state index is 0.0598. The van der Waals surface area contributed by atoms with Crippen molar-refractivity contribution >= 4 is 22.2 Å². The van der Waals surface area contributed by atoms with Crippen molar-refractivity contribution in [2.45, 2.75) is 13.3 Å². The van der Waals surface area contributed by atoms with Gasteiger partial charge >= 0.3 is 0 Å². The van der Waals surface area contributed by atoms with Crippen molar-refractivity contribution in [3.63, 3.8) is 0 Å². The molecule has 0 aliphatic rings. The Kier molecular flexibility index (Phi) is 3.66. The highest BCUT2D eigenvalue weighted by Gasteiger charge is 2.11. The fraction of sp³-hybridized carbons (Fsp3) is 0.214. The van der Waals surface area contributed by atoms with Crippen LogP contribution in [0.2, 0.25) is 0 Å². The first-order valence-electron chi connectivity index (χ1n) is 6.47. The van der Waals surface area contributed by atoms with Crippen LogP contribution < -0.4 is 5.32 Å². The molecule has 1 N–H and O–H groups in total. The van der Waals surface area contributed by atoms with Crippen molar-refractivity contribution in [3.05, 3.63) is 52.5 Å². The van der Waals surface area contributed by atoms with E-state index in [4.69, 9.17) is 0 Å². The van der Waals surface area contributed by atoms with E-state index in [0.29, 0.717) is 13.0 Å². The van der Waals surface area contributed by atoms with Crippen molar-refractivity contribution in [3.8, 4) is 0 Å². The lowest BCUT2D eigenvalue weighted by atomic mass is 10.2. The smallest absolute Gasteiger partial charge is 0.254 e. The third-order valence-electron chi connectivity index (χ3n) is 3.04. The van der Waals surface area contributed by atoms with Crippen LogP contribution in [0.3, 0.4) is 0 Å². The Bertz CT molecular complexity index is 795. The second-order valence-electron chi connectivity index (χ2n) is 4.57. The number of rotatable bonds is 4. The molecule has 1 amide bonds. The maximum atomic E-state index is 13.5. The van der Waals surface area contributed by atoms with Gasteiger partial charge in [-0.15, -0.1) is 11.3 Å². The molecular weight excluding hydrogens is 291 g/mol. The summed E-state index contributed by atoms with van der Waals surface area (Å²) in [4.78, 5) is 17.0. The predicted molar refractivity (Wildman–Crippen MR) is 78.0 cm³/mol. The van der Waals surface area contributed by atoms with Crippen molar-refractivity contribution in [1.29, 1.82) is 0 Å². The Labute approximate surface area is 124 Å². The van der Waals surface area contributed by atoms with Gasteiger partial charge in [0.15, 0.2) is 0 Å². The van der Waals surface area contributed by atoms with Crippen molar-refractivity contribution in [1.82, 2.24) is 19.9 Å². The molecule has 108 valence electrons. The van der Waals surface area contributed by atoms with Gasteiger partial charge in [0.2, 0.25) is 4.96 Å². The van der Waals surface area contributed by atoms with Crippen LogP contribution in [-0.4, -0.2) is 27.0 Å². The van der Waals surface area contributed by atoms with Gasteiger partial charge in [0.05, 0.1) is 11.3 Å². The number of carbonyl (C=O) groups excluding carboxylic acids is 1. The molecule has 1 aromatic carbocycles. The van der Waals surface area contributed by atoms with Gasteiger partial charge in [0.25, 0.3) is 5.91 Å². The van der Waals surface area contributed by atoms with Gasteiger partial charge in [-0.05, 0) is 19.1 Å². The number of hydrogen-bond donors (Lipinski definition) is 1. The van der Waals surface area contributed by atoms with E-state index >= 15 is 0 Å². The maximum absolute atomic E-state index is 13.5. The third kappa shape index (κ3) is 2.78. The van der Waals surface area contributed by atoms with E-state index in [2.05, 4.69) is 15.4 Å². The molecular formula is C14H13FN4OS. The predicted octanol–water partition coefficient (Wildman–Crippen LogP) is 2.21. The van der Waals surface area contributed by atoms with Crippen LogP contribution in [0, 0.1) is 12.7 Å². The molecule has 21 heavy (non-hydrogen) atoms. The molecule has 0 saturated heterocycles. The Morgan fingerprint density at radius 3 is 3.05 bits per heavy atom. The number of nitrogens with zero attached hydrogens (tertiary/aromatic N) is 3. The Morgan fingerprint density at radius 2 is 2.24 bits per heavy atom. The zero-order chi connectivity index (χ0) is 14.8. The summed E-state index contributed by atoms with van der Waals surface area (Å²) in [7, 11) is 0. The monoisotopic (exact) mass is 304 g/mol. The number of carbonyl (C=O) groups is 1. The van der Waals surface area contributed by atoms with Crippen LogP contribution in [0.4, 0.5) is 4.39 Å². The minimum atomic E-state index is -0.514. The summed E-state index contributed by atoms with van der Waals surface area (Å²) < 4.78 is 15.2. The van der Waals surface area contributed by atoms with E-state index in [1.165, 1.54) is 23.5 Å². The van der Waals surface area contributed by atoms with Crippen molar-refractivity contribution in [2.75, 3.05) is 6.54 Å². The minimum Gasteiger partial charge on any atom is -0.352 e. The molecule has 0 radical (unpaired) electrons. The van der Waals surface area contributed by atoms with Gasteiger partial charge in [-0.3, -0.25) is 4.79 Å². The standard InChI is InChI=1S/C14H13FN4OS/c1-9-17-14-19(18-9)10(8-21-14)6-7-16-13(20)11-4-2-3-5-12(11)15/h2-5,8H,6-7H2,1H3,(H,16,20). The van der Waals surface area contributed by atoms with Gasteiger partial charge < -0.3 is 5.32 Å². The van der Waals surface area contributed by atoms with Gasteiger partial charge in [-0.25, -0.2) is 13.9 Å². The van der Waals surface area contributed by atoms with Crippen LogP contribution >= 0.6 is 11.3 Å². The number of halogens is 1. The lowest BCUT2D eigenvalue weighted by Gasteiger charge is -2.05. The average Bonchev–Trinajstić information content (AvgIpc) is 2.99. The number of aromatic nitrogens is 3. The summed E-state index contributed by atoms with van der Waals surface area (Å²) in [6, 6.07) is 5.93. The molecule has 2 aromatic heterocycles. The second-order valence-corrected chi connectivity index (χ2v) is 5.40. The zero-order valence-electron chi connectivity index (χ0n) is 11.3. The first-order chi connectivity index (χ1) is 10.1. The summed E-state index contributed by atoms with van der Waals surface area (Å²) in [5, 5.41) is 8.96. The van der Waals surface area contributed by atoms with E-state index in [0.717, 1.165) is 16.5 Å². The third-order valence-corrected chi connectivity index (χ3v) is 3.91. The first kappa shape index (κ1) is 13.7. The molecule has 3 aromatic rings. The fourth-order valence-corrected chi connectivity index (χ4v) is 2.94. The summed E-state index contributed by atoms with van der Waals surface area (Å²) in [6.45, 7) is 2.25. The molecule has 0 aliphatic carbocycles. The highest BCUT2D eigenvalue weighted by molar-refractivity contribution is 7.15. The summed E-state index contributed by atoms with van der Waals surface area (Å²) in [5.74, 6) is -0.201. The molecule has 2 heterocycles. The Balaban J connectivity index is 1.63. The number of benzene rings is 1.